The van der Waals surface area contributed by atoms with Crippen molar-refractivity contribution in [3.8, 4) is 0 Å². The van der Waals surface area contributed by atoms with Crippen LogP contribution in [0.1, 0.15) is 46.0 Å². The molecule has 6 N–H and O–H groups in total. The SMILES string of the molecule is CC(C)CC(=O)N1CCN(C(=O)[C@@H](N)CCC(=O)O)CCCCOC[C@@H](O)[C@H](O)[C@@H](O)C1.Cl. The molecule has 2 amide bonds. The minimum atomic E-state index is -1.49. The average Bonchev–Trinajstić information content (AvgIpc) is 2.72. The normalized spacial score (nSPS) is 24.5. The number of aliphatic hydroxyl groups excluding tert-OH is 3. The van der Waals surface area contributed by atoms with Crippen LogP contribution in [0.15, 0.2) is 0 Å². The third kappa shape index (κ3) is 12.0. The summed E-state index contributed by atoms with van der Waals surface area (Å²) in [5.74, 6) is -1.61. The Bertz CT molecular complexity index is 610. The fourth-order valence-corrected chi connectivity index (χ4v) is 3.41. The van der Waals surface area contributed by atoms with Crippen molar-refractivity contribution in [3.63, 3.8) is 0 Å². The molecule has 1 heterocycles. The van der Waals surface area contributed by atoms with Gasteiger partial charge in [-0.15, -0.1) is 12.4 Å². The number of hydrogen-bond donors (Lipinski definition) is 5. The summed E-state index contributed by atoms with van der Waals surface area (Å²) >= 11 is 0. The lowest BCUT2D eigenvalue weighted by atomic mass is 10.1. The lowest BCUT2D eigenvalue weighted by Crippen LogP contribution is -2.51. The zero-order chi connectivity index (χ0) is 24.3. The molecule has 0 unspecified atom stereocenters. The number of carbonyl (C=O) groups is 3. The first-order valence-corrected chi connectivity index (χ1v) is 11.2. The monoisotopic (exact) mass is 497 g/mol. The Morgan fingerprint density at radius 3 is 2.27 bits per heavy atom. The van der Waals surface area contributed by atoms with Crippen molar-refractivity contribution in [1.82, 2.24) is 9.80 Å². The second kappa shape index (κ2) is 16.2. The lowest BCUT2D eigenvalue weighted by Gasteiger charge is -2.33. The Balaban J connectivity index is 0.0000102. The summed E-state index contributed by atoms with van der Waals surface area (Å²) in [6, 6.07) is -0.969. The standard InChI is InChI=1S/C21H39N3O8.ClH/c1-14(2)11-18(27)24-9-8-23(21(31)15(22)5-6-19(28)29)7-3-4-10-32-13-17(26)20(30)16(25)12-24;/h14-17,20,25-26,30H,3-13,22H2,1-2H3,(H,28,29);1H/t15-,16-,17+,20+;/m0./s1. The molecule has 1 saturated heterocycles. The first-order valence-electron chi connectivity index (χ1n) is 11.2. The molecule has 1 rings (SSSR count). The van der Waals surface area contributed by atoms with Gasteiger partial charge in [0.2, 0.25) is 11.8 Å². The number of carboxylic acid groups (broad SMARTS) is 1. The van der Waals surface area contributed by atoms with Crippen LogP contribution in [0.2, 0.25) is 0 Å². The number of hydrogen-bond acceptors (Lipinski definition) is 8. The first-order chi connectivity index (χ1) is 15.0. The maximum Gasteiger partial charge on any atom is 0.303 e. The van der Waals surface area contributed by atoms with Gasteiger partial charge in [-0.3, -0.25) is 14.4 Å². The zero-order valence-corrected chi connectivity index (χ0v) is 20.3. The molecule has 0 saturated carbocycles. The van der Waals surface area contributed by atoms with Gasteiger partial charge in [0.1, 0.15) is 18.3 Å². The molecule has 0 aromatic carbocycles. The van der Waals surface area contributed by atoms with Gasteiger partial charge >= 0.3 is 5.97 Å². The predicted molar refractivity (Wildman–Crippen MR) is 123 cm³/mol. The average molecular weight is 498 g/mol. The van der Waals surface area contributed by atoms with Gasteiger partial charge in [-0.05, 0) is 25.2 Å². The number of rotatable bonds is 6. The summed E-state index contributed by atoms with van der Waals surface area (Å²) < 4.78 is 5.35. The van der Waals surface area contributed by atoms with Crippen molar-refractivity contribution in [1.29, 1.82) is 0 Å². The van der Waals surface area contributed by atoms with E-state index in [1.165, 1.54) is 9.80 Å². The van der Waals surface area contributed by atoms with Crippen molar-refractivity contribution in [2.24, 2.45) is 11.7 Å². The highest BCUT2D eigenvalue weighted by molar-refractivity contribution is 5.85. The van der Waals surface area contributed by atoms with Crippen molar-refractivity contribution >= 4 is 30.2 Å². The molecule has 0 aromatic heterocycles. The number of carbonyl (C=O) groups excluding carboxylic acids is 2. The maximum atomic E-state index is 12.8. The number of aliphatic carboxylic acids is 1. The predicted octanol–water partition coefficient (Wildman–Crippen LogP) is -0.803. The highest BCUT2D eigenvalue weighted by atomic mass is 35.5. The molecule has 0 radical (unpaired) electrons. The van der Waals surface area contributed by atoms with Gasteiger partial charge in [0.15, 0.2) is 0 Å². The van der Waals surface area contributed by atoms with Crippen LogP contribution < -0.4 is 5.73 Å². The van der Waals surface area contributed by atoms with Gasteiger partial charge in [-0.25, -0.2) is 0 Å². The summed E-state index contributed by atoms with van der Waals surface area (Å²) in [5, 5.41) is 39.5. The second-order valence-electron chi connectivity index (χ2n) is 8.71. The Morgan fingerprint density at radius 2 is 1.67 bits per heavy atom. The molecule has 0 aliphatic carbocycles. The summed E-state index contributed by atoms with van der Waals surface area (Å²) in [6.45, 7) is 4.29. The number of nitrogens with two attached hydrogens (primary N) is 1. The van der Waals surface area contributed by atoms with Crippen molar-refractivity contribution in [2.45, 2.75) is 70.3 Å². The number of β-amino-alcohol motifs (C(OH)–C–C–N with tert-alkyl or cyclic N) is 1. The molecule has 4 atom stereocenters. The number of nitrogens with zero attached hydrogens (tertiary/aromatic N) is 2. The van der Waals surface area contributed by atoms with Crippen LogP contribution in [-0.2, 0) is 19.1 Å². The zero-order valence-electron chi connectivity index (χ0n) is 19.5. The summed E-state index contributed by atoms with van der Waals surface area (Å²) in [7, 11) is 0. The number of aliphatic hydroxyl groups is 3. The van der Waals surface area contributed by atoms with E-state index in [-0.39, 0.29) is 69.7 Å². The summed E-state index contributed by atoms with van der Waals surface area (Å²) in [4.78, 5) is 39.2. The van der Waals surface area contributed by atoms with Crippen LogP contribution in [0.3, 0.4) is 0 Å². The van der Waals surface area contributed by atoms with E-state index in [1.54, 1.807) is 0 Å². The molecule has 1 fully saturated rings. The Labute approximate surface area is 201 Å². The topological polar surface area (TPSA) is 174 Å². The van der Waals surface area contributed by atoms with Gasteiger partial charge < -0.3 is 40.7 Å². The van der Waals surface area contributed by atoms with E-state index in [0.29, 0.717) is 26.0 Å². The molecular formula is C21H40ClN3O8. The van der Waals surface area contributed by atoms with E-state index in [9.17, 15) is 29.7 Å². The van der Waals surface area contributed by atoms with Crippen LogP contribution in [0.5, 0.6) is 0 Å². The third-order valence-electron chi connectivity index (χ3n) is 5.32. The molecule has 1 aliphatic rings. The van der Waals surface area contributed by atoms with Gasteiger partial charge in [0.25, 0.3) is 0 Å². The number of amides is 2. The second-order valence-corrected chi connectivity index (χ2v) is 8.71. The van der Waals surface area contributed by atoms with Crippen molar-refractivity contribution in [3.05, 3.63) is 0 Å². The van der Waals surface area contributed by atoms with E-state index >= 15 is 0 Å². The van der Waals surface area contributed by atoms with Crippen LogP contribution >= 0.6 is 12.4 Å². The van der Waals surface area contributed by atoms with E-state index in [1.807, 2.05) is 13.8 Å². The molecule has 0 spiro atoms. The summed E-state index contributed by atoms with van der Waals surface area (Å²) in [6.07, 6.45) is -3.01. The van der Waals surface area contributed by atoms with Crippen LogP contribution in [-0.4, -0.2) is 112 Å². The smallest absolute Gasteiger partial charge is 0.303 e. The first kappa shape index (κ1) is 31.5. The van der Waals surface area contributed by atoms with Crippen LogP contribution in [0, 0.1) is 5.92 Å². The quantitative estimate of drug-likeness (QED) is 0.314. The minimum absolute atomic E-state index is 0. The van der Waals surface area contributed by atoms with Crippen LogP contribution in [0.25, 0.3) is 0 Å². The van der Waals surface area contributed by atoms with E-state index in [2.05, 4.69) is 0 Å². The van der Waals surface area contributed by atoms with Crippen molar-refractivity contribution in [2.75, 3.05) is 39.4 Å². The van der Waals surface area contributed by atoms with Gasteiger partial charge in [-0.2, -0.15) is 0 Å². The molecule has 11 nitrogen and oxygen atoms in total. The van der Waals surface area contributed by atoms with Gasteiger partial charge in [0, 0.05) is 45.6 Å². The number of halogens is 1. The molecule has 0 aromatic rings. The Morgan fingerprint density at radius 1 is 1.03 bits per heavy atom. The van der Waals surface area contributed by atoms with E-state index < -0.39 is 36.2 Å². The molecule has 12 heteroatoms. The molecule has 1 aliphatic heterocycles. The highest BCUT2D eigenvalue weighted by Gasteiger charge is 2.30. The van der Waals surface area contributed by atoms with E-state index in [4.69, 9.17) is 15.6 Å². The lowest BCUT2D eigenvalue weighted by molar-refractivity contribution is -0.141. The number of carboxylic acids is 1. The molecule has 33 heavy (non-hydrogen) atoms. The third-order valence-corrected chi connectivity index (χ3v) is 5.32. The van der Waals surface area contributed by atoms with Crippen molar-refractivity contribution < 1.29 is 39.5 Å². The Kier molecular flexibility index (Phi) is 15.4. The Hall–Kier alpha value is -1.50. The van der Waals surface area contributed by atoms with Gasteiger partial charge in [0.05, 0.1) is 12.6 Å². The highest BCUT2D eigenvalue weighted by Crippen LogP contribution is 2.11. The minimum Gasteiger partial charge on any atom is -0.481 e. The fraction of sp³-hybridized carbons (Fsp3) is 0.857. The van der Waals surface area contributed by atoms with Crippen LogP contribution in [0.4, 0.5) is 0 Å². The van der Waals surface area contributed by atoms with Gasteiger partial charge in [-0.1, -0.05) is 13.8 Å². The summed E-state index contributed by atoms with van der Waals surface area (Å²) in [5.41, 5.74) is 5.91. The molecular weight excluding hydrogens is 458 g/mol. The maximum absolute atomic E-state index is 12.8. The number of ether oxygens (including phenoxy) is 1. The fourth-order valence-electron chi connectivity index (χ4n) is 3.41. The van der Waals surface area contributed by atoms with E-state index in [0.717, 1.165) is 0 Å². The molecule has 0 bridgehead atoms. The largest absolute Gasteiger partial charge is 0.481 e. The molecule has 194 valence electrons.